The first-order valence-corrected chi connectivity index (χ1v) is 13.1. The third-order valence-corrected chi connectivity index (χ3v) is 6.75. The largest absolute Gasteiger partial charge is 0.368 e. The molecule has 3 N–H and O–H groups in total. The summed E-state index contributed by atoms with van der Waals surface area (Å²) in [5.74, 6) is 0.241. The van der Waals surface area contributed by atoms with Gasteiger partial charge in [-0.05, 0) is 43.5 Å². The molecular weight excluding hydrogens is 516 g/mol. The number of H-pyrrole nitrogens is 1. The third-order valence-electron chi connectivity index (χ3n) is 6.75. The van der Waals surface area contributed by atoms with E-state index in [9.17, 15) is 8.78 Å². The number of halogens is 2. The summed E-state index contributed by atoms with van der Waals surface area (Å²) >= 11 is 0. The molecule has 1 aliphatic rings. The number of imidazole rings is 1. The van der Waals surface area contributed by atoms with Gasteiger partial charge >= 0.3 is 0 Å². The second-order valence-corrected chi connectivity index (χ2v) is 10.3. The van der Waals surface area contributed by atoms with Gasteiger partial charge in [-0.2, -0.15) is 20.1 Å². The van der Waals surface area contributed by atoms with Gasteiger partial charge in [0, 0.05) is 30.4 Å². The van der Waals surface area contributed by atoms with Crippen LogP contribution >= 0.6 is 0 Å². The first-order chi connectivity index (χ1) is 19.4. The van der Waals surface area contributed by atoms with Crippen molar-refractivity contribution in [2.45, 2.75) is 38.3 Å². The molecule has 0 radical (unpaired) electrons. The van der Waals surface area contributed by atoms with Crippen LogP contribution in [0.25, 0.3) is 28.1 Å². The standard InChI is InChI=1S/C28H29F2N9O/c1-28(2,13-17-7-3-4-8-19(17)18-14-32-33-15-18)38-26-35-24(22-16-31-11-12-40-22)36-27(37-26)39-21-10-6-5-9-20(21)34-25(39)23(29)30/h3-10,14-15,22-23,31H,11-13,16H2,1-2H3,(H,32,33)(H,35,36,37,38). The number of anilines is 1. The minimum Gasteiger partial charge on any atom is -0.368 e. The molecule has 5 aromatic rings. The molecule has 6 rings (SSSR count). The van der Waals surface area contributed by atoms with Crippen LogP contribution in [0.15, 0.2) is 60.9 Å². The Balaban J connectivity index is 1.40. The van der Waals surface area contributed by atoms with Gasteiger partial charge in [0.2, 0.25) is 11.9 Å². The Kier molecular flexibility index (Phi) is 6.95. The lowest BCUT2D eigenvalue weighted by atomic mass is 9.90. The van der Waals surface area contributed by atoms with Gasteiger partial charge in [0.25, 0.3) is 6.43 Å². The Labute approximate surface area is 229 Å². The summed E-state index contributed by atoms with van der Waals surface area (Å²) in [7, 11) is 0. The van der Waals surface area contributed by atoms with Gasteiger partial charge in [0.05, 0.1) is 23.8 Å². The molecule has 2 aromatic carbocycles. The molecule has 0 amide bonds. The van der Waals surface area contributed by atoms with E-state index in [0.717, 1.165) is 16.7 Å². The smallest absolute Gasteiger partial charge is 0.296 e. The van der Waals surface area contributed by atoms with E-state index in [1.54, 1.807) is 30.5 Å². The molecule has 1 unspecified atom stereocenters. The Hall–Kier alpha value is -4.29. The molecule has 1 fully saturated rings. The highest BCUT2D eigenvalue weighted by Crippen LogP contribution is 2.30. The minimum atomic E-state index is -2.83. The summed E-state index contributed by atoms with van der Waals surface area (Å²) in [6.45, 7) is 5.78. The molecule has 0 bridgehead atoms. The van der Waals surface area contributed by atoms with Crippen molar-refractivity contribution in [3.8, 4) is 17.1 Å². The van der Waals surface area contributed by atoms with Crippen molar-refractivity contribution >= 4 is 17.0 Å². The zero-order valence-corrected chi connectivity index (χ0v) is 22.1. The van der Waals surface area contributed by atoms with Crippen LogP contribution < -0.4 is 10.6 Å². The van der Waals surface area contributed by atoms with E-state index in [1.807, 2.05) is 32.2 Å². The van der Waals surface area contributed by atoms with E-state index in [-0.39, 0.29) is 11.9 Å². The van der Waals surface area contributed by atoms with E-state index >= 15 is 0 Å². The van der Waals surface area contributed by atoms with Crippen LogP contribution in [-0.4, -0.2) is 59.9 Å². The number of alkyl halides is 2. The Morgan fingerprint density at radius 1 is 1.07 bits per heavy atom. The fourth-order valence-electron chi connectivity index (χ4n) is 4.99. The third kappa shape index (κ3) is 5.27. The molecular formula is C28H29F2N9O. The van der Waals surface area contributed by atoms with E-state index in [1.165, 1.54) is 4.57 Å². The average Bonchev–Trinajstić information content (AvgIpc) is 3.62. The van der Waals surface area contributed by atoms with E-state index < -0.39 is 23.9 Å². The number of rotatable bonds is 8. The second kappa shape index (κ2) is 10.7. The number of nitrogens with one attached hydrogen (secondary N) is 3. The first-order valence-electron chi connectivity index (χ1n) is 13.1. The zero-order valence-electron chi connectivity index (χ0n) is 22.1. The predicted molar refractivity (Wildman–Crippen MR) is 146 cm³/mol. The number of ether oxygens (including phenoxy) is 1. The maximum Gasteiger partial charge on any atom is 0.296 e. The summed E-state index contributed by atoms with van der Waals surface area (Å²) in [4.78, 5) is 18.1. The van der Waals surface area contributed by atoms with Crippen LogP contribution in [0.5, 0.6) is 0 Å². The highest BCUT2D eigenvalue weighted by Gasteiger charge is 2.28. The molecule has 206 valence electrons. The maximum absolute atomic E-state index is 14.2. The van der Waals surface area contributed by atoms with Crippen LogP contribution in [0.1, 0.15) is 43.6 Å². The molecule has 1 aliphatic heterocycles. The van der Waals surface area contributed by atoms with Crippen LogP contribution in [0, 0.1) is 0 Å². The van der Waals surface area contributed by atoms with Crippen molar-refractivity contribution < 1.29 is 13.5 Å². The lowest BCUT2D eigenvalue weighted by Gasteiger charge is -2.28. The number of benzene rings is 2. The molecule has 3 aromatic heterocycles. The SMILES string of the molecule is CC(C)(Cc1ccccc1-c1cn[nH]c1)Nc1nc(C2CNCCO2)nc(-n2c(C(F)F)nc3ccccc32)n1. The second-order valence-electron chi connectivity index (χ2n) is 10.3. The number of aromatic amines is 1. The number of para-hydroxylation sites is 2. The number of fused-ring (bicyclic) bond motifs is 1. The van der Waals surface area contributed by atoms with E-state index in [4.69, 9.17) is 4.74 Å². The molecule has 1 saturated heterocycles. The van der Waals surface area contributed by atoms with Crippen molar-refractivity contribution in [2.75, 3.05) is 25.0 Å². The Bertz CT molecular complexity index is 1610. The number of nitrogens with zero attached hydrogens (tertiary/aromatic N) is 6. The van der Waals surface area contributed by atoms with Crippen molar-refractivity contribution in [1.29, 1.82) is 0 Å². The molecule has 0 aliphatic carbocycles. The van der Waals surface area contributed by atoms with Crippen LogP contribution in [0.4, 0.5) is 14.7 Å². The summed E-state index contributed by atoms with van der Waals surface area (Å²) in [5, 5.41) is 13.7. The number of hydrogen-bond acceptors (Lipinski definition) is 8. The highest BCUT2D eigenvalue weighted by molar-refractivity contribution is 5.77. The van der Waals surface area contributed by atoms with Crippen LogP contribution in [0.2, 0.25) is 0 Å². The lowest BCUT2D eigenvalue weighted by molar-refractivity contribution is 0.0220. The van der Waals surface area contributed by atoms with Gasteiger partial charge in [-0.15, -0.1) is 0 Å². The first kappa shape index (κ1) is 26.0. The number of hydrogen-bond donors (Lipinski definition) is 3. The predicted octanol–water partition coefficient (Wildman–Crippen LogP) is 4.63. The molecule has 10 nitrogen and oxygen atoms in total. The normalized spacial score (nSPS) is 16.1. The molecule has 40 heavy (non-hydrogen) atoms. The summed E-state index contributed by atoms with van der Waals surface area (Å²) < 4.78 is 35.5. The van der Waals surface area contributed by atoms with Crippen LogP contribution in [0.3, 0.4) is 0 Å². The van der Waals surface area contributed by atoms with Crippen molar-refractivity contribution in [3.63, 3.8) is 0 Å². The maximum atomic E-state index is 14.2. The van der Waals surface area contributed by atoms with Crippen molar-refractivity contribution in [1.82, 2.24) is 40.0 Å². The summed E-state index contributed by atoms with van der Waals surface area (Å²) in [6.07, 6.45) is 0.997. The van der Waals surface area contributed by atoms with Crippen molar-refractivity contribution in [3.05, 3.63) is 78.1 Å². The number of aromatic nitrogens is 7. The average molecular weight is 546 g/mol. The van der Waals surface area contributed by atoms with Gasteiger partial charge in [-0.1, -0.05) is 36.4 Å². The Morgan fingerprint density at radius 2 is 1.90 bits per heavy atom. The summed E-state index contributed by atoms with van der Waals surface area (Å²) in [6, 6.07) is 15.1. The zero-order chi connectivity index (χ0) is 27.7. The highest BCUT2D eigenvalue weighted by atomic mass is 19.3. The lowest BCUT2D eigenvalue weighted by Crippen LogP contribution is -2.36. The van der Waals surface area contributed by atoms with Crippen molar-refractivity contribution in [2.24, 2.45) is 0 Å². The van der Waals surface area contributed by atoms with Crippen LogP contribution in [-0.2, 0) is 11.2 Å². The van der Waals surface area contributed by atoms with Gasteiger partial charge in [-0.25, -0.2) is 13.8 Å². The van der Waals surface area contributed by atoms with E-state index in [0.29, 0.717) is 43.0 Å². The van der Waals surface area contributed by atoms with E-state index in [2.05, 4.69) is 52.9 Å². The quantitative estimate of drug-likeness (QED) is 0.258. The van der Waals surface area contributed by atoms with Gasteiger partial charge in [-0.3, -0.25) is 9.67 Å². The minimum absolute atomic E-state index is 0.0558. The summed E-state index contributed by atoms with van der Waals surface area (Å²) in [5.41, 5.74) is 3.55. The topological polar surface area (TPSA) is 118 Å². The molecule has 0 saturated carbocycles. The fourth-order valence-corrected chi connectivity index (χ4v) is 4.99. The Morgan fingerprint density at radius 3 is 2.67 bits per heavy atom. The molecule has 1 atom stereocenters. The fraction of sp³-hybridized carbons (Fsp3) is 0.321. The van der Waals surface area contributed by atoms with Gasteiger partial charge in [0.15, 0.2) is 11.6 Å². The monoisotopic (exact) mass is 545 g/mol. The molecule has 0 spiro atoms. The molecule has 12 heteroatoms. The number of morpholine rings is 1. The van der Waals surface area contributed by atoms with Gasteiger partial charge < -0.3 is 15.4 Å². The molecule has 4 heterocycles. The van der Waals surface area contributed by atoms with Gasteiger partial charge in [0.1, 0.15) is 6.10 Å².